The number of benzene rings is 1. The predicted octanol–water partition coefficient (Wildman–Crippen LogP) is 5.02. The lowest BCUT2D eigenvalue weighted by atomic mass is 9.93. The number of hydrogen-bond acceptors (Lipinski definition) is 5. The molecule has 0 unspecified atom stereocenters. The first-order chi connectivity index (χ1) is 12.7. The van der Waals surface area contributed by atoms with E-state index in [2.05, 4.69) is 9.97 Å². The molecule has 5 heteroatoms. The highest BCUT2D eigenvalue weighted by molar-refractivity contribution is 5.83. The number of aromatic nitrogens is 2. The van der Waals surface area contributed by atoms with Crippen molar-refractivity contribution < 1.29 is 13.9 Å². The van der Waals surface area contributed by atoms with Gasteiger partial charge in [-0.3, -0.25) is 9.78 Å². The van der Waals surface area contributed by atoms with Crippen LogP contribution < -0.4 is 0 Å². The van der Waals surface area contributed by atoms with E-state index in [0.29, 0.717) is 17.3 Å². The van der Waals surface area contributed by atoms with Gasteiger partial charge in [0, 0.05) is 23.5 Å². The first-order valence-electron chi connectivity index (χ1n) is 8.89. The van der Waals surface area contributed by atoms with E-state index in [1.165, 1.54) is 0 Å². The number of ether oxygens (including phenoxy) is 1. The largest absolute Gasteiger partial charge is 0.459 e. The van der Waals surface area contributed by atoms with Crippen LogP contribution in [0.3, 0.4) is 0 Å². The van der Waals surface area contributed by atoms with E-state index in [9.17, 15) is 4.79 Å². The minimum atomic E-state index is -1.03. The smallest absolute Gasteiger partial charge is 0.321 e. The molecule has 2 heterocycles. The average molecular weight is 364 g/mol. The Balaban J connectivity index is 2.10. The van der Waals surface area contributed by atoms with E-state index < -0.39 is 11.0 Å². The number of rotatable bonds is 4. The Kier molecular flexibility index (Phi) is 4.87. The van der Waals surface area contributed by atoms with Crippen molar-refractivity contribution in [2.45, 2.75) is 45.6 Å². The van der Waals surface area contributed by atoms with Gasteiger partial charge in [0.1, 0.15) is 16.7 Å². The van der Waals surface area contributed by atoms with Gasteiger partial charge in [0.15, 0.2) is 5.76 Å². The molecule has 0 atom stereocenters. The second-order valence-electron chi connectivity index (χ2n) is 7.93. The van der Waals surface area contributed by atoms with Gasteiger partial charge < -0.3 is 9.15 Å². The molecular weight excluding hydrogens is 340 g/mol. The normalized spacial score (nSPS) is 12.0. The third-order valence-corrected chi connectivity index (χ3v) is 4.04. The Bertz CT molecular complexity index is 866. The van der Waals surface area contributed by atoms with Gasteiger partial charge in [0.2, 0.25) is 5.89 Å². The van der Waals surface area contributed by atoms with Crippen molar-refractivity contribution in [1.82, 2.24) is 9.97 Å². The van der Waals surface area contributed by atoms with Gasteiger partial charge in [0.05, 0.1) is 0 Å². The minimum Gasteiger partial charge on any atom is -0.459 e. The maximum absolute atomic E-state index is 12.7. The van der Waals surface area contributed by atoms with Gasteiger partial charge in [-0.1, -0.05) is 30.3 Å². The fraction of sp³-hybridized carbons (Fsp3) is 0.318. The molecule has 0 amide bonds. The summed E-state index contributed by atoms with van der Waals surface area (Å²) in [5, 5.41) is 0. The van der Waals surface area contributed by atoms with Crippen LogP contribution in [0.1, 0.15) is 40.5 Å². The van der Waals surface area contributed by atoms with Crippen LogP contribution in [0.4, 0.5) is 0 Å². The summed E-state index contributed by atoms with van der Waals surface area (Å²) in [5.74, 6) is 0.540. The van der Waals surface area contributed by atoms with Crippen molar-refractivity contribution in [3.05, 3.63) is 60.7 Å². The van der Waals surface area contributed by atoms with E-state index in [1.807, 2.05) is 63.2 Å². The van der Waals surface area contributed by atoms with Crippen LogP contribution in [-0.2, 0) is 14.9 Å². The second-order valence-corrected chi connectivity index (χ2v) is 7.93. The van der Waals surface area contributed by atoms with Crippen molar-refractivity contribution in [3.8, 4) is 22.6 Å². The number of carbonyl (C=O) groups excluding carboxylic acids is 1. The van der Waals surface area contributed by atoms with Crippen LogP contribution in [0.15, 0.2) is 59.3 Å². The molecule has 0 spiro atoms. The van der Waals surface area contributed by atoms with Crippen LogP contribution in [0.5, 0.6) is 0 Å². The van der Waals surface area contributed by atoms with Crippen LogP contribution in [0, 0.1) is 0 Å². The lowest BCUT2D eigenvalue weighted by Crippen LogP contribution is -2.37. The highest BCUT2D eigenvalue weighted by Gasteiger charge is 2.40. The second kappa shape index (κ2) is 6.99. The van der Waals surface area contributed by atoms with E-state index in [1.54, 1.807) is 26.2 Å². The SMILES string of the molecule is CC(C)(C)OC(=O)C(C)(C)c1nc(-c2cccnc2)c(-c2ccccc2)o1. The molecule has 0 aliphatic rings. The van der Waals surface area contributed by atoms with E-state index in [-0.39, 0.29) is 5.97 Å². The highest BCUT2D eigenvalue weighted by atomic mass is 16.6. The van der Waals surface area contributed by atoms with E-state index in [0.717, 1.165) is 11.1 Å². The minimum absolute atomic E-state index is 0.314. The fourth-order valence-corrected chi connectivity index (χ4v) is 2.56. The van der Waals surface area contributed by atoms with Crippen molar-refractivity contribution in [2.24, 2.45) is 0 Å². The third kappa shape index (κ3) is 4.08. The number of hydrogen-bond donors (Lipinski definition) is 0. The Morgan fingerprint density at radius 3 is 2.22 bits per heavy atom. The van der Waals surface area contributed by atoms with Crippen molar-refractivity contribution in [3.63, 3.8) is 0 Å². The first-order valence-corrected chi connectivity index (χ1v) is 8.89. The van der Waals surface area contributed by atoms with E-state index in [4.69, 9.17) is 9.15 Å². The van der Waals surface area contributed by atoms with Gasteiger partial charge in [-0.15, -0.1) is 0 Å². The lowest BCUT2D eigenvalue weighted by molar-refractivity contribution is -0.161. The Hall–Kier alpha value is -2.95. The van der Waals surface area contributed by atoms with Gasteiger partial charge in [0.25, 0.3) is 0 Å². The standard InChI is InChI=1S/C22H24N2O3/c1-21(2,3)27-20(25)22(4,5)19-24-17(16-12-9-13-23-14-16)18(26-19)15-10-7-6-8-11-15/h6-14H,1-5H3. The maximum Gasteiger partial charge on any atom is 0.321 e. The zero-order valence-corrected chi connectivity index (χ0v) is 16.3. The van der Waals surface area contributed by atoms with Gasteiger partial charge in [-0.05, 0) is 46.8 Å². The van der Waals surface area contributed by atoms with Crippen LogP contribution >= 0.6 is 0 Å². The Morgan fingerprint density at radius 2 is 1.63 bits per heavy atom. The quantitative estimate of drug-likeness (QED) is 0.608. The van der Waals surface area contributed by atoms with Crippen molar-refractivity contribution in [2.75, 3.05) is 0 Å². The Labute approximate surface area is 159 Å². The third-order valence-electron chi connectivity index (χ3n) is 4.04. The molecule has 0 aliphatic heterocycles. The molecule has 3 aromatic rings. The van der Waals surface area contributed by atoms with Crippen molar-refractivity contribution in [1.29, 1.82) is 0 Å². The number of carbonyl (C=O) groups is 1. The molecule has 5 nitrogen and oxygen atoms in total. The molecular formula is C22H24N2O3. The predicted molar refractivity (Wildman–Crippen MR) is 104 cm³/mol. The summed E-state index contributed by atoms with van der Waals surface area (Å²) < 4.78 is 11.7. The number of oxazole rings is 1. The monoisotopic (exact) mass is 364 g/mol. The molecule has 2 aromatic heterocycles. The highest BCUT2D eigenvalue weighted by Crippen LogP contribution is 2.37. The molecule has 0 saturated heterocycles. The summed E-state index contributed by atoms with van der Waals surface area (Å²) in [7, 11) is 0. The van der Waals surface area contributed by atoms with Crippen LogP contribution in [-0.4, -0.2) is 21.5 Å². The summed E-state index contributed by atoms with van der Waals surface area (Å²) in [6.45, 7) is 9.04. The van der Waals surface area contributed by atoms with Crippen LogP contribution in [0.2, 0.25) is 0 Å². The molecule has 27 heavy (non-hydrogen) atoms. The molecule has 0 bridgehead atoms. The summed E-state index contributed by atoms with van der Waals surface area (Å²) >= 11 is 0. The summed E-state index contributed by atoms with van der Waals surface area (Å²) in [5.41, 5.74) is 0.745. The number of pyridine rings is 1. The lowest BCUT2D eigenvalue weighted by Gasteiger charge is -2.26. The fourth-order valence-electron chi connectivity index (χ4n) is 2.56. The average Bonchev–Trinajstić information content (AvgIpc) is 3.08. The van der Waals surface area contributed by atoms with Gasteiger partial charge >= 0.3 is 5.97 Å². The summed E-state index contributed by atoms with van der Waals surface area (Å²) in [6, 6.07) is 13.5. The van der Waals surface area contributed by atoms with Crippen molar-refractivity contribution >= 4 is 5.97 Å². The molecule has 140 valence electrons. The molecule has 0 aliphatic carbocycles. The maximum atomic E-state index is 12.7. The molecule has 0 saturated carbocycles. The molecule has 0 fully saturated rings. The Morgan fingerprint density at radius 1 is 0.963 bits per heavy atom. The number of nitrogens with zero attached hydrogens (tertiary/aromatic N) is 2. The topological polar surface area (TPSA) is 65.2 Å². The first kappa shape index (κ1) is 18.8. The zero-order chi connectivity index (χ0) is 19.7. The molecule has 0 radical (unpaired) electrons. The number of esters is 1. The summed E-state index contributed by atoms with van der Waals surface area (Å²) in [4.78, 5) is 21.6. The van der Waals surface area contributed by atoms with Crippen LogP contribution in [0.25, 0.3) is 22.6 Å². The molecule has 1 aromatic carbocycles. The van der Waals surface area contributed by atoms with Gasteiger partial charge in [-0.25, -0.2) is 4.98 Å². The van der Waals surface area contributed by atoms with E-state index >= 15 is 0 Å². The molecule has 3 rings (SSSR count). The van der Waals surface area contributed by atoms with Gasteiger partial charge in [-0.2, -0.15) is 0 Å². The summed E-state index contributed by atoms with van der Waals surface area (Å²) in [6.07, 6.45) is 3.44. The zero-order valence-electron chi connectivity index (χ0n) is 16.3. The molecule has 0 N–H and O–H groups in total.